The van der Waals surface area contributed by atoms with Crippen LogP contribution in [0.5, 0.6) is 0 Å². The predicted molar refractivity (Wildman–Crippen MR) is 48.9 cm³/mol. The maximum Gasteiger partial charge on any atom is 0.235 e. The Morgan fingerprint density at radius 1 is 1.33 bits per heavy atom. The molecule has 2 nitrogen and oxygen atoms in total. The highest BCUT2D eigenvalue weighted by molar-refractivity contribution is 6.30. The van der Waals surface area contributed by atoms with E-state index in [9.17, 15) is 18.0 Å². The van der Waals surface area contributed by atoms with Gasteiger partial charge in [0.1, 0.15) is 5.38 Å². The summed E-state index contributed by atoms with van der Waals surface area (Å²) in [5, 5.41) is -1.07. The molecule has 1 unspecified atom stereocenters. The molecule has 0 saturated carbocycles. The smallest absolute Gasteiger partial charge is 0.235 e. The fraction of sp³-hybridized carbons (Fsp3) is 0.222. The van der Waals surface area contributed by atoms with Crippen molar-refractivity contribution in [3.8, 4) is 0 Å². The van der Waals surface area contributed by atoms with Crippen molar-refractivity contribution >= 4 is 17.5 Å². The van der Waals surface area contributed by atoms with E-state index in [0.717, 1.165) is 12.1 Å². The fourth-order valence-corrected chi connectivity index (χ4v) is 1.21. The van der Waals surface area contributed by atoms with Gasteiger partial charge in [0.15, 0.2) is 17.5 Å². The van der Waals surface area contributed by atoms with Gasteiger partial charge in [0.2, 0.25) is 5.91 Å². The summed E-state index contributed by atoms with van der Waals surface area (Å²) in [4.78, 5) is 10.6. The number of nitrogens with two attached hydrogens (primary N) is 1. The Kier molecular flexibility index (Phi) is 3.57. The minimum Gasteiger partial charge on any atom is -0.368 e. The van der Waals surface area contributed by atoms with E-state index >= 15 is 0 Å². The first kappa shape index (κ1) is 11.8. The molecule has 0 heterocycles. The Labute approximate surface area is 88.8 Å². The molecule has 6 heteroatoms. The van der Waals surface area contributed by atoms with Crippen molar-refractivity contribution in [2.75, 3.05) is 0 Å². The van der Waals surface area contributed by atoms with Crippen molar-refractivity contribution < 1.29 is 18.0 Å². The number of carbonyl (C=O) groups excluding carboxylic acids is 1. The van der Waals surface area contributed by atoms with Crippen LogP contribution in [0.25, 0.3) is 0 Å². The summed E-state index contributed by atoms with van der Waals surface area (Å²) in [5.41, 5.74) is 4.93. The van der Waals surface area contributed by atoms with E-state index in [1.807, 2.05) is 0 Å². The van der Waals surface area contributed by atoms with Crippen molar-refractivity contribution in [2.45, 2.75) is 11.8 Å². The third-order valence-corrected chi connectivity index (χ3v) is 2.14. The van der Waals surface area contributed by atoms with E-state index in [0.29, 0.717) is 0 Å². The summed E-state index contributed by atoms with van der Waals surface area (Å²) in [6.07, 6.45) is -0.148. The molecule has 0 fully saturated rings. The molecule has 82 valence electrons. The zero-order valence-corrected chi connectivity index (χ0v) is 8.19. The SMILES string of the molecule is NC(=O)C(Cl)Cc1cc(F)c(F)c(F)c1. The zero-order chi connectivity index (χ0) is 11.6. The summed E-state index contributed by atoms with van der Waals surface area (Å²) in [5.74, 6) is -5.00. The second-order valence-corrected chi connectivity index (χ2v) is 3.47. The molecular formula is C9H7ClF3NO. The van der Waals surface area contributed by atoms with Crippen molar-refractivity contribution in [1.82, 2.24) is 0 Å². The van der Waals surface area contributed by atoms with Gasteiger partial charge in [-0.25, -0.2) is 13.2 Å². The van der Waals surface area contributed by atoms with Crippen LogP contribution in [0.4, 0.5) is 13.2 Å². The number of rotatable bonds is 3. The minimum absolute atomic E-state index is 0.0743. The molecule has 1 amide bonds. The highest BCUT2D eigenvalue weighted by atomic mass is 35.5. The number of primary amides is 1. The largest absolute Gasteiger partial charge is 0.368 e. The van der Waals surface area contributed by atoms with Gasteiger partial charge in [0.05, 0.1) is 0 Å². The lowest BCUT2D eigenvalue weighted by atomic mass is 10.1. The average molecular weight is 238 g/mol. The Hall–Kier alpha value is -1.23. The lowest BCUT2D eigenvalue weighted by Crippen LogP contribution is -2.25. The first-order valence-corrected chi connectivity index (χ1v) is 4.42. The van der Waals surface area contributed by atoms with Gasteiger partial charge in [-0.05, 0) is 24.1 Å². The lowest BCUT2D eigenvalue weighted by molar-refractivity contribution is -0.117. The molecule has 1 aromatic carbocycles. The average Bonchev–Trinajstić information content (AvgIpc) is 2.13. The lowest BCUT2D eigenvalue weighted by Gasteiger charge is -2.06. The van der Waals surface area contributed by atoms with Crippen LogP contribution in [0.1, 0.15) is 5.56 Å². The maximum absolute atomic E-state index is 12.7. The monoisotopic (exact) mass is 237 g/mol. The summed E-state index contributed by atoms with van der Waals surface area (Å²) < 4.78 is 38.0. The number of alkyl halides is 1. The second kappa shape index (κ2) is 4.53. The van der Waals surface area contributed by atoms with Gasteiger partial charge < -0.3 is 5.73 Å². The molecule has 0 aliphatic heterocycles. The highest BCUT2D eigenvalue weighted by Crippen LogP contribution is 2.16. The van der Waals surface area contributed by atoms with E-state index < -0.39 is 28.7 Å². The fourth-order valence-electron chi connectivity index (χ4n) is 1.03. The van der Waals surface area contributed by atoms with E-state index in [4.69, 9.17) is 17.3 Å². The molecule has 1 rings (SSSR count). The summed E-state index contributed by atoms with van der Waals surface area (Å²) in [7, 11) is 0. The standard InChI is InChI=1S/C9H7ClF3NO/c10-5(9(14)15)1-4-2-6(11)8(13)7(12)3-4/h2-3,5H,1H2,(H2,14,15). The van der Waals surface area contributed by atoms with E-state index in [1.165, 1.54) is 0 Å². The first-order chi connectivity index (χ1) is 6.91. The van der Waals surface area contributed by atoms with Crippen LogP contribution >= 0.6 is 11.6 Å². The number of carbonyl (C=O) groups is 1. The second-order valence-electron chi connectivity index (χ2n) is 2.95. The number of hydrogen-bond acceptors (Lipinski definition) is 1. The van der Waals surface area contributed by atoms with Gasteiger partial charge >= 0.3 is 0 Å². The Balaban J connectivity index is 2.92. The van der Waals surface area contributed by atoms with Gasteiger partial charge in [-0.1, -0.05) is 0 Å². The van der Waals surface area contributed by atoms with Crippen LogP contribution in [-0.2, 0) is 11.2 Å². The highest BCUT2D eigenvalue weighted by Gasteiger charge is 2.16. The predicted octanol–water partition coefficient (Wildman–Crippen LogP) is 1.74. The summed E-state index contributed by atoms with van der Waals surface area (Å²) in [6, 6.07) is 1.55. The third kappa shape index (κ3) is 2.86. The number of amides is 1. The van der Waals surface area contributed by atoms with E-state index in [2.05, 4.69) is 0 Å². The summed E-state index contributed by atoms with van der Waals surface area (Å²) >= 11 is 5.48. The van der Waals surface area contributed by atoms with Crippen LogP contribution < -0.4 is 5.73 Å². The molecule has 15 heavy (non-hydrogen) atoms. The van der Waals surface area contributed by atoms with Crippen LogP contribution in [0.15, 0.2) is 12.1 Å². The Morgan fingerprint density at radius 2 is 1.80 bits per heavy atom. The normalized spacial score (nSPS) is 12.5. The molecule has 1 aromatic rings. The van der Waals surface area contributed by atoms with Crippen LogP contribution in [0.2, 0.25) is 0 Å². The van der Waals surface area contributed by atoms with E-state index in [1.54, 1.807) is 0 Å². The van der Waals surface area contributed by atoms with Crippen molar-refractivity contribution in [3.05, 3.63) is 35.1 Å². The molecule has 0 spiro atoms. The van der Waals surface area contributed by atoms with Gasteiger partial charge in [0.25, 0.3) is 0 Å². The topological polar surface area (TPSA) is 43.1 Å². The zero-order valence-electron chi connectivity index (χ0n) is 7.44. The molecule has 2 N–H and O–H groups in total. The van der Waals surface area contributed by atoms with Gasteiger partial charge in [0, 0.05) is 0 Å². The van der Waals surface area contributed by atoms with Crippen molar-refractivity contribution in [1.29, 1.82) is 0 Å². The molecule has 0 radical (unpaired) electrons. The molecule has 0 aliphatic carbocycles. The van der Waals surface area contributed by atoms with E-state index in [-0.39, 0.29) is 12.0 Å². The molecule has 0 saturated heterocycles. The number of benzene rings is 1. The number of hydrogen-bond donors (Lipinski definition) is 1. The molecular weight excluding hydrogens is 231 g/mol. The van der Waals surface area contributed by atoms with Gasteiger partial charge in [-0.3, -0.25) is 4.79 Å². The Morgan fingerprint density at radius 3 is 2.20 bits per heavy atom. The maximum atomic E-state index is 12.7. The van der Waals surface area contributed by atoms with Crippen molar-refractivity contribution in [3.63, 3.8) is 0 Å². The van der Waals surface area contributed by atoms with Crippen molar-refractivity contribution in [2.24, 2.45) is 5.73 Å². The van der Waals surface area contributed by atoms with Crippen LogP contribution in [0, 0.1) is 17.5 Å². The molecule has 0 bridgehead atoms. The van der Waals surface area contributed by atoms with Crippen LogP contribution in [0.3, 0.4) is 0 Å². The third-order valence-electron chi connectivity index (χ3n) is 1.77. The van der Waals surface area contributed by atoms with Gasteiger partial charge in [-0.15, -0.1) is 11.6 Å². The van der Waals surface area contributed by atoms with Crippen LogP contribution in [-0.4, -0.2) is 11.3 Å². The van der Waals surface area contributed by atoms with Gasteiger partial charge in [-0.2, -0.15) is 0 Å². The number of halogens is 4. The molecule has 1 atom stereocenters. The minimum atomic E-state index is -1.55. The quantitative estimate of drug-likeness (QED) is 0.632. The molecule has 0 aromatic heterocycles. The molecule has 0 aliphatic rings. The first-order valence-electron chi connectivity index (χ1n) is 3.98. The summed E-state index contributed by atoms with van der Waals surface area (Å²) in [6.45, 7) is 0. The Bertz CT molecular complexity index is 374.